The Hall–Kier alpha value is -6.96. The maximum atomic E-state index is 12.3. The Balaban J connectivity index is 0.000000165. The number of ketones is 2. The average Bonchev–Trinajstić information content (AvgIpc) is 4.23. The van der Waals surface area contributed by atoms with E-state index in [2.05, 4.69) is 29.9 Å². The third kappa shape index (κ3) is 16.3. The number of nitrogens with two attached hydrogens (primary N) is 1. The molecule has 0 radical (unpaired) electrons. The first-order valence-corrected chi connectivity index (χ1v) is 27.1. The van der Waals surface area contributed by atoms with E-state index in [4.69, 9.17) is 10.5 Å². The lowest BCUT2D eigenvalue weighted by Gasteiger charge is -2.21. The molecule has 14 nitrogen and oxygen atoms in total. The van der Waals surface area contributed by atoms with Crippen molar-refractivity contribution in [2.24, 2.45) is 11.7 Å². The predicted octanol–water partition coefficient (Wildman–Crippen LogP) is 14.1. The van der Waals surface area contributed by atoms with E-state index in [-0.39, 0.29) is 43.2 Å². The Morgan fingerprint density at radius 3 is 1.21 bits per heavy atom. The first-order valence-electron chi connectivity index (χ1n) is 27.1. The van der Waals surface area contributed by atoms with Gasteiger partial charge < -0.3 is 30.5 Å². The van der Waals surface area contributed by atoms with Gasteiger partial charge in [-0.1, -0.05) is 84.5 Å². The molecule has 0 aliphatic heterocycles. The van der Waals surface area contributed by atoms with Crippen molar-refractivity contribution in [3.05, 3.63) is 126 Å². The van der Waals surface area contributed by atoms with Crippen LogP contribution < -0.4 is 5.73 Å². The van der Waals surface area contributed by atoms with Crippen molar-refractivity contribution in [3.8, 4) is 33.8 Å². The number of carboxylic acid groups (broad SMARTS) is 1. The van der Waals surface area contributed by atoms with Crippen molar-refractivity contribution in [1.29, 1.82) is 0 Å². The fraction of sp³-hybridized carbons (Fsp3) is 0.475. The maximum absolute atomic E-state index is 12.3. The van der Waals surface area contributed by atoms with E-state index >= 15 is 0 Å². The molecule has 75 heavy (non-hydrogen) atoms. The molecule has 6 aromatic rings. The van der Waals surface area contributed by atoms with Gasteiger partial charge in [0.1, 0.15) is 11.6 Å². The molecule has 4 aliphatic rings. The lowest BCUT2D eigenvalue weighted by Crippen LogP contribution is -2.19. The van der Waals surface area contributed by atoms with Crippen LogP contribution in [0.1, 0.15) is 222 Å². The van der Waals surface area contributed by atoms with Crippen molar-refractivity contribution in [1.82, 2.24) is 29.9 Å². The zero-order chi connectivity index (χ0) is 52.2. The largest absolute Gasteiger partial charge is 0.478 e. The standard InChI is InChI=1S/C18H22N2O2.C16H19N3O.C16H18N2O2.C10H16O2.CH4/c1-2-22-18(21)15-12-16(13-8-10-19-11-9-13)20-17(15)14-6-4-3-5-7-14;17-16(20)13-10-14(11-6-8-18-9-7-11)19-15(13)12-4-2-1-3-5-12;19-16(20)13-10-14(11-6-8-17-9-7-11)18-15(13)12-4-2-1-3-5-12;1-8(11)7-10(12)9-5-3-2-4-6-9;/h8-12,14,20H,2-7H2,1H3;6-10,12,19H,1-5H2,(H2,17,20);6-10,12,18H,1-5H2,(H,19,20);9H,2-7H2,1H3;1H4. The van der Waals surface area contributed by atoms with Crippen LogP contribution in [0.4, 0.5) is 0 Å². The summed E-state index contributed by atoms with van der Waals surface area (Å²) >= 11 is 0. The minimum Gasteiger partial charge on any atom is -0.478 e. The average molecular weight is 1020 g/mol. The number of primary amides is 1. The van der Waals surface area contributed by atoms with Gasteiger partial charge in [0, 0.05) is 94.0 Å². The first-order chi connectivity index (χ1) is 36.0. The number of amides is 1. The topological polar surface area (TPSA) is 227 Å². The van der Waals surface area contributed by atoms with Gasteiger partial charge >= 0.3 is 11.9 Å². The number of aromatic amines is 3. The summed E-state index contributed by atoms with van der Waals surface area (Å²) in [7, 11) is 0. The third-order valence-corrected chi connectivity index (χ3v) is 15.0. The van der Waals surface area contributed by atoms with Crippen LogP contribution in [0, 0.1) is 5.92 Å². The van der Waals surface area contributed by atoms with E-state index in [0.717, 1.165) is 115 Å². The van der Waals surface area contributed by atoms with Crippen LogP contribution in [0.5, 0.6) is 0 Å². The number of hydrogen-bond donors (Lipinski definition) is 5. The number of nitrogens with zero attached hydrogens (tertiary/aromatic N) is 3. The lowest BCUT2D eigenvalue weighted by molar-refractivity contribution is -0.129. The summed E-state index contributed by atoms with van der Waals surface area (Å²) in [5.41, 5.74) is 16.1. The van der Waals surface area contributed by atoms with Crippen LogP contribution in [0.2, 0.25) is 0 Å². The van der Waals surface area contributed by atoms with Crippen LogP contribution in [0.3, 0.4) is 0 Å². The van der Waals surface area contributed by atoms with Gasteiger partial charge in [0.15, 0.2) is 0 Å². The molecule has 4 aliphatic carbocycles. The number of pyridine rings is 3. The van der Waals surface area contributed by atoms with Gasteiger partial charge in [0.25, 0.3) is 5.91 Å². The molecule has 4 fully saturated rings. The Morgan fingerprint density at radius 2 is 0.867 bits per heavy atom. The first kappa shape index (κ1) is 57.3. The van der Waals surface area contributed by atoms with E-state index < -0.39 is 5.97 Å². The number of carboxylic acids is 1. The summed E-state index contributed by atoms with van der Waals surface area (Å²) < 4.78 is 5.24. The highest BCUT2D eigenvalue weighted by Gasteiger charge is 2.28. The Bertz CT molecular complexity index is 2610. The van der Waals surface area contributed by atoms with Gasteiger partial charge in [0.05, 0.1) is 29.7 Å². The zero-order valence-corrected chi connectivity index (χ0v) is 43.3. The molecule has 400 valence electrons. The van der Waals surface area contributed by atoms with Gasteiger partial charge in [0.2, 0.25) is 0 Å². The zero-order valence-electron chi connectivity index (χ0n) is 43.3. The van der Waals surface area contributed by atoms with Crippen LogP contribution in [0.25, 0.3) is 33.8 Å². The highest BCUT2D eigenvalue weighted by Crippen LogP contribution is 2.39. The van der Waals surface area contributed by atoms with Gasteiger partial charge in [-0.3, -0.25) is 29.3 Å². The second kappa shape index (κ2) is 29.2. The number of nitrogens with one attached hydrogen (secondary N) is 3. The highest BCUT2D eigenvalue weighted by atomic mass is 16.5. The Labute approximate surface area is 442 Å². The van der Waals surface area contributed by atoms with Crippen molar-refractivity contribution >= 4 is 29.4 Å². The van der Waals surface area contributed by atoms with E-state index in [0.29, 0.717) is 41.1 Å². The van der Waals surface area contributed by atoms with Crippen LogP contribution in [-0.4, -0.2) is 71.0 Å². The summed E-state index contributed by atoms with van der Waals surface area (Å²) in [5, 5.41) is 9.42. The van der Waals surface area contributed by atoms with E-state index in [9.17, 15) is 29.1 Å². The highest BCUT2D eigenvalue weighted by molar-refractivity contribution is 5.99. The number of esters is 1. The molecule has 6 aromatic heterocycles. The van der Waals surface area contributed by atoms with Crippen LogP contribution in [-0.2, 0) is 14.3 Å². The molecule has 1 amide bonds. The summed E-state index contributed by atoms with van der Waals surface area (Å²) in [4.78, 5) is 79.8. The molecular formula is C61H79N7O7. The number of aromatic carboxylic acids is 1. The van der Waals surface area contributed by atoms with Gasteiger partial charge in [-0.15, -0.1) is 0 Å². The van der Waals surface area contributed by atoms with E-state index in [1.807, 2.05) is 55.5 Å². The molecule has 4 saturated carbocycles. The van der Waals surface area contributed by atoms with Gasteiger partial charge in [-0.05, 0) is 138 Å². The molecule has 0 saturated heterocycles. The normalized spacial score (nSPS) is 16.3. The molecule has 0 atom stereocenters. The molecule has 0 unspecified atom stereocenters. The molecular weight excluding hydrogens is 943 g/mol. The quantitative estimate of drug-likeness (QED) is 0.0543. The number of carbonyl (C=O) groups excluding carboxylic acids is 4. The molecule has 6 N–H and O–H groups in total. The molecule has 14 heteroatoms. The third-order valence-electron chi connectivity index (χ3n) is 15.0. The summed E-state index contributed by atoms with van der Waals surface area (Å²) in [5.74, 6) is 0.176. The maximum Gasteiger partial charge on any atom is 0.339 e. The fourth-order valence-corrected chi connectivity index (χ4v) is 11.2. The lowest BCUT2D eigenvalue weighted by atomic mass is 9.85. The fourth-order valence-electron chi connectivity index (χ4n) is 11.2. The number of Topliss-reactive ketones (excluding diaryl/α,β-unsaturated/α-hetero) is 2. The minimum atomic E-state index is -0.845. The number of ether oxygens (including phenoxy) is 1. The smallest absolute Gasteiger partial charge is 0.339 e. The Morgan fingerprint density at radius 1 is 0.533 bits per heavy atom. The number of rotatable bonds is 13. The summed E-state index contributed by atoms with van der Waals surface area (Å²) in [6, 6.07) is 17.1. The summed E-state index contributed by atoms with van der Waals surface area (Å²) in [6.07, 6.45) is 34.1. The number of carbonyl (C=O) groups is 5. The predicted molar refractivity (Wildman–Crippen MR) is 295 cm³/mol. The number of aromatic nitrogens is 6. The SMILES string of the molecule is C.CC(=O)CC(=O)C1CCCCC1.CCOC(=O)c1cc(-c2ccncc2)[nH]c1C1CCCCC1.NC(=O)c1cc(-c2ccncc2)[nH]c1C1CCCCC1.O=C(O)c1cc(-c2ccncc2)[nH]c1C1CCCCC1. The van der Waals surface area contributed by atoms with Crippen molar-refractivity contribution in [2.75, 3.05) is 6.61 Å². The second-order valence-electron chi connectivity index (χ2n) is 20.3. The number of hydrogen-bond acceptors (Lipinski definition) is 9. The van der Waals surface area contributed by atoms with E-state index in [1.165, 1.54) is 71.1 Å². The molecule has 0 aromatic carbocycles. The van der Waals surface area contributed by atoms with Crippen LogP contribution >= 0.6 is 0 Å². The van der Waals surface area contributed by atoms with Gasteiger partial charge in [-0.25, -0.2) is 9.59 Å². The minimum absolute atomic E-state index is 0. The molecule has 10 rings (SSSR count). The second-order valence-corrected chi connectivity index (χ2v) is 20.3. The monoisotopic (exact) mass is 1020 g/mol. The van der Waals surface area contributed by atoms with Crippen molar-refractivity contribution < 1.29 is 33.8 Å². The van der Waals surface area contributed by atoms with Crippen molar-refractivity contribution in [2.45, 2.75) is 174 Å². The van der Waals surface area contributed by atoms with Gasteiger partial charge in [-0.2, -0.15) is 0 Å². The van der Waals surface area contributed by atoms with Crippen LogP contribution in [0.15, 0.2) is 91.8 Å². The summed E-state index contributed by atoms with van der Waals surface area (Å²) in [6.45, 7) is 3.73. The molecule has 0 bridgehead atoms. The number of H-pyrrole nitrogens is 3. The van der Waals surface area contributed by atoms with E-state index in [1.54, 1.807) is 43.2 Å². The van der Waals surface area contributed by atoms with Crippen molar-refractivity contribution in [3.63, 3.8) is 0 Å². The molecule has 6 heterocycles. The Kier molecular flexibility index (Phi) is 22.3. The molecule has 0 spiro atoms.